The minimum Gasteiger partial charge on any atom is -0.493 e. The van der Waals surface area contributed by atoms with Crippen LogP contribution in [0.15, 0.2) is 80.1 Å². The summed E-state index contributed by atoms with van der Waals surface area (Å²) >= 11 is 4.75. The van der Waals surface area contributed by atoms with Gasteiger partial charge in [-0.05, 0) is 103 Å². The fourth-order valence-corrected chi connectivity index (χ4v) is 6.92. The molecular weight excluding hydrogens is 718 g/mol. The molecule has 49 heavy (non-hydrogen) atoms. The van der Waals surface area contributed by atoms with Gasteiger partial charge in [-0.2, -0.15) is 0 Å². The SMILES string of the molecule is CCOC(=O)C1=C(C)N=c2s/c(=C\c3cc(Br)c(OCc4ccc([N+](=O)[O-])cc4)c(OC)c3)c(=O)n2[C@@H]1c1ccc(OC(C)C)c(OC)c1. The fourth-order valence-electron chi connectivity index (χ4n) is 5.30. The summed E-state index contributed by atoms with van der Waals surface area (Å²) in [5, 5.41) is 11.0. The van der Waals surface area contributed by atoms with Crippen molar-refractivity contribution in [3.8, 4) is 23.0 Å². The monoisotopic (exact) mass is 751 g/mol. The van der Waals surface area contributed by atoms with Crippen LogP contribution in [0.5, 0.6) is 23.0 Å². The van der Waals surface area contributed by atoms with Crippen LogP contribution >= 0.6 is 27.3 Å². The number of aromatic nitrogens is 1. The van der Waals surface area contributed by atoms with Gasteiger partial charge in [0.15, 0.2) is 27.8 Å². The maximum Gasteiger partial charge on any atom is 0.338 e. The number of esters is 1. The number of allylic oxidation sites excluding steroid dienone is 1. The molecule has 0 fully saturated rings. The minimum absolute atomic E-state index is 0.00962. The maximum atomic E-state index is 14.2. The Morgan fingerprint density at radius 3 is 2.43 bits per heavy atom. The molecule has 12 nitrogen and oxygen atoms in total. The topological polar surface area (TPSA) is 141 Å². The number of nitro benzene ring substituents is 1. The van der Waals surface area contributed by atoms with E-state index in [4.69, 9.17) is 23.7 Å². The molecule has 2 heterocycles. The van der Waals surface area contributed by atoms with Gasteiger partial charge >= 0.3 is 5.97 Å². The number of nitrogens with zero attached hydrogens (tertiary/aromatic N) is 3. The van der Waals surface area contributed by atoms with Gasteiger partial charge < -0.3 is 23.7 Å². The van der Waals surface area contributed by atoms with Crippen molar-refractivity contribution in [1.29, 1.82) is 0 Å². The molecule has 3 aromatic carbocycles. The standard InChI is InChI=1S/C35H34BrN3O9S/c1-7-46-34(41)30-20(4)37-35-38(31(30)23-10-13-26(48-19(2)3)27(17-23)44-5)33(40)29(49-35)16-22-14-25(36)32(28(15-22)45-6)47-18-21-8-11-24(12-9-21)39(42)43/h8-17,19,31H,7,18H2,1-6H3/b29-16-/t31-/m1/s1. The lowest BCUT2D eigenvalue weighted by Gasteiger charge is -2.25. The summed E-state index contributed by atoms with van der Waals surface area (Å²) in [4.78, 5) is 43.1. The van der Waals surface area contributed by atoms with E-state index in [1.807, 2.05) is 13.8 Å². The number of rotatable bonds is 12. The number of non-ortho nitro benzene ring substituents is 1. The molecule has 4 aromatic rings. The van der Waals surface area contributed by atoms with E-state index in [1.165, 1.54) is 42.3 Å². The van der Waals surface area contributed by atoms with Gasteiger partial charge in [0.1, 0.15) is 6.61 Å². The Morgan fingerprint density at radius 2 is 1.80 bits per heavy atom. The van der Waals surface area contributed by atoms with Crippen molar-refractivity contribution in [2.75, 3.05) is 20.8 Å². The summed E-state index contributed by atoms with van der Waals surface area (Å²) in [6.45, 7) is 7.56. The van der Waals surface area contributed by atoms with E-state index in [0.29, 0.717) is 53.6 Å². The molecule has 1 atom stereocenters. The molecule has 0 saturated heterocycles. The van der Waals surface area contributed by atoms with Crippen molar-refractivity contribution in [3.05, 3.63) is 117 Å². The van der Waals surface area contributed by atoms with E-state index < -0.39 is 16.9 Å². The molecule has 0 bridgehead atoms. The van der Waals surface area contributed by atoms with Gasteiger partial charge in [-0.1, -0.05) is 17.4 Å². The normalized spacial score (nSPS) is 14.3. The molecule has 0 aliphatic carbocycles. The number of ether oxygens (including phenoxy) is 5. The summed E-state index contributed by atoms with van der Waals surface area (Å²) in [6.07, 6.45) is 1.63. The van der Waals surface area contributed by atoms with E-state index in [9.17, 15) is 19.7 Å². The number of hydrogen-bond acceptors (Lipinski definition) is 11. The molecule has 1 aliphatic rings. The summed E-state index contributed by atoms with van der Waals surface area (Å²) < 4.78 is 31.0. The van der Waals surface area contributed by atoms with Crippen LogP contribution in [0.25, 0.3) is 6.08 Å². The predicted molar refractivity (Wildman–Crippen MR) is 187 cm³/mol. The average Bonchev–Trinajstić information content (AvgIpc) is 3.37. The number of hydrogen-bond donors (Lipinski definition) is 0. The number of halogens is 1. The number of benzene rings is 3. The van der Waals surface area contributed by atoms with Crippen molar-refractivity contribution in [3.63, 3.8) is 0 Å². The molecule has 0 spiro atoms. The minimum atomic E-state index is -0.837. The lowest BCUT2D eigenvalue weighted by atomic mass is 9.95. The number of fused-ring (bicyclic) bond motifs is 1. The van der Waals surface area contributed by atoms with Crippen LogP contribution in [0.2, 0.25) is 0 Å². The van der Waals surface area contributed by atoms with Gasteiger partial charge in [0.05, 0.1) is 58.2 Å². The Kier molecular flexibility index (Phi) is 10.9. The van der Waals surface area contributed by atoms with Crippen molar-refractivity contribution in [2.24, 2.45) is 4.99 Å². The Hall–Kier alpha value is -4.95. The molecule has 0 saturated carbocycles. The summed E-state index contributed by atoms with van der Waals surface area (Å²) in [7, 11) is 3.03. The van der Waals surface area contributed by atoms with Gasteiger partial charge in [-0.3, -0.25) is 19.5 Å². The Balaban J connectivity index is 1.56. The summed E-state index contributed by atoms with van der Waals surface area (Å²) in [5.41, 5.74) is 2.33. The van der Waals surface area contributed by atoms with Crippen LogP contribution in [0.4, 0.5) is 5.69 Å². The number of methoxy groups -OCH3 is 2. The van der Waals surface area contributed by atoms with Crippen LogP contribution in [0, 0.1) is 10.1 Å². The van der Waals surface area contributed by atoms with Crippen LogP contribution in [0.1, 0.15) is 50.4 Å². The second-order valence-electron chi connectivity index (χ2n) is 11.1. The molecule has 0 unspecified atom stereocenters. The van der Waals surface area contributed by atoms with Crippen molar-refractivity contribution < 1.29 is 33.4 Å². The van der Waals surface area contributed by atoms with E-state index in [1.54, 1.807) is 62.4 Å². The molecule has 256 valence electrons. The summed E-state index contributed by atoms with van der Waals surface area (Å²) in [5.74, 6) is 1.26. The van der Waals surface area contributed by atoms with Crippen LogP contribution in [0.3, 0.4) is 0 Å². The third kappa shape index (κ3) is 7.55. The van der Waals surface area contributed by atoms with E-state index >= 15 is 0 Å². The summed E-state index contributed by atoms with van der Waals surface area (Å²) in [6, 6.07) is 14.1. The Bertz CT molecular complexity index is 2120. The first-order valence-electron chi connectivity index (χ1n) is 15.2. The molecule has 0 radical (unpaired) electrons. The fraction of sp³-hybridized carbons (Fsp3) is 0.286. The molecule has 0 N–H and O–H groups in total. The predicted octanol–water partition coefficient (Wildman–Crippen LogP) is 5.85. The molecule has 5 rings (SSSR count). The number of carbonyl (C=O) groups is 1. The van der Waals surface area contributed by atoms with Gasteiger partial charge in [-0.15, -0.1) is 0 Å². The highest BCUT2D eigenvalue weighted by atomic mass is 79.9. The first-order chi connectivity index (χ1) is 23.4. The van der Waals surface area contributed by atoms with Gasteiger partial charge in [0, 0.05) is 12.1 Å². The van der Waals surface area contributed by atoms with Crippen LogP contribution in [-0.4, -0.2) is 42.4 Å². The third-order valence-corrected chi connectivity index (χ3v) is 9.03. The Labute approximate surface area is 294 Å². The molecule has 1 aromatic heterocycles. The number of nitro groups is 1. The van der Waals surface area contributed by atoms with E-state index in [2.05, 4.69) is 20.9 Å². The maximum absolute atomic E-state index is 14.2. The van der Waals surface area contributed by atoms with Gasteiger partial charge in [0.25, 0.3) is 11.2 Å². The first-order valence-corrected chi connectivity index (χ1v) is 16.8. The third-order valence-electron chi connectivity index (χ3n) is 7.46. The molecule has 0 amide bonds. The molecule has 1 aliphatic heterocycles. The lowest BCUT2D eigenvalue weighted by Crippen LogP contribution is -2.40. The highest BCUT2D eigenvalue weighted by Crippen LogP contribution is 2.38. The Morgan fingerprint density at radius 1 is 1.08 bits per heavy atom. The average molecular weight is 753 g/mol. The zero-order valence-electron chi connectivity index (χ0n) is 27.6. The second kappa shape index (κ2) is 15.1. The quantitative estimate of drug-likeness (QED) is 0.0990. The first kappa shape index (κ1) is 35.4. The van der Waals surface area contributed by atoms with Gasteiger partial charge in [-0.25, -0.2) is 9.79 Å². The largest absolute Gasteiger partial charge is 0.493 e. The highest BCUT2D eigenvalue weighted by Gasteiger charge is 2.34. The van der Waals surface area contributed by atoms with Crippen molar-refractivity contribution in [1.82, 2.24) is 4.57 Å². The van der Waals surface area contributed by atoms with E-state index in [-0.39, 0.29) is 36.1 Å². The van der Waals surface area contributed by atoms with E-state index in [0.717, 1.165) is 5.56 Å². The number of carbonyl (C=O) groups excluding carboxylic acids is 1. The second-order valence-corrected chi connectivity index (χ2v) is 13.0. The van der Waals surface area contributed by atoms with Crippen LogP contribution < -0.4 is 33.8 Å². The zero-order chi connectivity index (χ0) is 35.4. The lowest BCUT2D eigenvalue weighted by molar-refractivity contribution is -0.384. The molecular formula is C35H34BrN3O9S. The van der Waals surface area contributed by atoms with Crippen molar-refractivity contribution >= 4 is 45.0 Å². The molecule has 14 heteroatoms. The number of thiazole rings is 1. The highest BCUT2D eigenvalue weighted by molar-refractivity contribution is 9.10. The zero-order valence-corrected chi connectivity index (χ0v) is 30.0. The van der Waals surface area contributed by atoms with Crippen molar-refractivity contribution in [2.45, 2.75) is 46.4 Å². The van der Waals surface area contributed by atoms with Gasteiger partial charge in [0.2, 0.25) is 0 Å². The smallest absolute Gasteiger partial charge is 0.338 e. The van der Waals surface area contributed by atoms with Crippen LogP contribution in [-0.2, 0) is 16.1 Å².